The number of ether oxygens (including phenoxy) is 1. The minimum absolute atomic E-state index is 0.168. The number of piperazine rings is 1. The molecule has 40 heavy (non-hydrogen) atoms. The highest BCUT2D eigenvalue weighted by molar-refractivity contribution is 5.99. The van der Waals surface area contributed by atoms with Gasteiger partial charge < -0.3 is 29.9 Å². The monoisotopic (exact) mass is 541 g/mol. The van der Waals surface area contributed by atoms with Gasteiger partial charge in [-0.15, -0.1) is 0 Å². The Morgan fingerprint density at radius 1 is 1.12 bits per heavy atom. The first-order chi connectivity index (χ1) is 19.5. The summed E-state index contributed by atoms with van der Waals surface area (Å²) in [6.07, 6.45) is 4.34. The Morgan fingerprint density at radius 2 is 1.95 bits per heavy atom. The van der Waals surface area contributed by atoms with Crippen molar-refractivity contribution < 1.29 is 14.6 Å². The molecule has 0 aliphatic carbocycles. The Hall–Kier alpha value is -4.74. The van der Waals surface area contributed by atoms with Gasteiger partial charge in [-0.2, -0.15) is 4.98 Å². The van der Waals surface area contributed by atoms with Crippen LogP contribution in [0.3, 0.4) is 0 Å². The van der Waals surface area contributed by atoms with Crippen molar-refractivity contribution in [3.8, 4) is 11.4 Å². The standard InChI is InChI=1S/C29H31N7O4/c1-3-27(39)31-20-5-4-6-22(17-20)36-10-9-25(38)23-19-30-29(33-28(23)36)32-24-8-7-21(18-26(24)40-2)35-13-11-34(12-14-35)15-16-37/h3-10,17-19,37H,1,11-16H2,2H3,(H,31,39)(H,30,32,33). The number of β-amino-alcohol motifs (C(OH)–C–C–N with tert-alkyl or cyclic N) is 1. The minimum Gasteiger partial charge on any atom is -0.494 e. The van der Waals surface area contributed by atoms with Crippen LogP contribution in [0.1, 0.15) is 0 Å². The number of anilines is 4. The lowest BCUT2D eigenvalue weighted by Gasteiger charge is -2.36. The lowest BCUT2D eigenvalue weighted by Crippen LogP contribution is -2.47. The maximum Gasteiger partial charge on any atom is 0.247 e. The number of nitrogens with zero attached hydrogens (tertiary/aromatic N) is 5. The van der Waals surface area contributed by atoms with Crippen LogP contribution < -0.4 is 25.7 Å². The number of amides is 1. The fraction of sp³-hybridized carbons (Fsp3) is 0.241. The van der Waals surface area contributed by atoms with E-state index in [1.807, 2.05) is 24.3 Å². The first-order valence-corrected chi connectivity index (χ1v) is 12.9. The van der Waals surface area contributed by atoms with E-state index in [0.717, 1.165) is 31.9 Å². The van der Waals surface area contributed by atoms with E-state index in [0.29, 0.717) is 46.3 Å². The molecule has 206 valence electrons. The van der Waals surface area contributed by atoms with Crippen LogP contribution in [0.5, 0.6) is 5.75 Å². The Labute approximate surface area is 231 Å². The molecule has 2 aromatic heterocycles. The van der Waals surface area contributed by atoms with Crippen molar-refractivity contribution in [1.82, 2.24) is 19.4 Å². The largest absolute Gasteiger partial charge is 0.494 e. The van der Waals surface area contributed by atoms with Gasteiger partial charge in [0, 0.05) is 74.3 Å². The molecule has 11 heteroatoms. The van der Waals surface area contributed by atoms with Crippen LogP contribution in [0.25, 0.3) is 16.7 Å². The number of nitrogens with one attached hydrogen (secondary N) is 2. The zero-order valence-corrected chi connectivity index (χ0v) is 22.2. The molecule has 1 amide bonds. The average Bonchev–Trinajstić information content (AvgIpc) is 2.98. The van der Waals surface area contributed by atoms with Gasteiger partial charge in [0.05, 0.1) is 24.8 Å². The summed E-state index contributed by atoms with van der Waals surface area (Å²) in [5.41, 5.74) is 3.23. The van der Waals surface area contributed by atoms with E-state index in [-0.39, 0.29) is 17.9 Å². The summed E-state index contributed by atoms with van der Waals surface area (Å²) in [6, 6.07) is 14.6. The number of aromatic nitrogens is 3. The number of hydrogen-bond donors (Lipinski definition) is 3. The number of hydrogen-bond acceptors (Lipinski definition) is 9. The first kappa shape index (κ1) is 26.9. The third-order valence-corrected chi connectivity index (χ3v) is 6.80. The smallest absolute Gasteiger partial charge is 0.247 e. The number of pyridine rings is 1. The van der Waals surface area contributed by atoms with E-state index in [2.05, 4.69) is 37.0 Å². The van der Waals surface area contributed by atoms with E-state index in [9.17, 15) is 14.7 Å². The van der Waals surface area contributed by atoms with Crippen LogP contribution in [-0.4, -0.2) is 76.9 Å². The van der Waals surface area contributed by atoms with Crippen molar-refractivity contribution >= 4 is 40.0 Å². The van der Waals surface area contributed by atoms with E-state index < -0.39 is 0 Å². The molecule has 3 N–H and O–H groups in total. The third-order valence-electron chi connectivity index (χ3n) is 6.80. The summed E-state index contributed by atoms with van der Waals surface area (Å²) < 4.78 is 7.45. The highest BCUT2D eigenvalue weighted by Gasteiger charge is 2.18. The number of rotatable bonds is 9. The summed E-state index contributed by atoms with van der Waals surface area (Å²) in [4.78, 5) is 38.0. The molecule has 0 bridgehead atoms. The minimum atomic E-state index is -0.320. The molecular formula is C29H31N7O4. The maximum absolute atomic E-state index is 12.6. The fourth-order valence-corrected chi connectivity index (χ4v) is 4.70. The van der Waals surface area contributed by atoms with Crippen LogP contribution in [0.4, 0.5) is 23.0 Å². The molecule has 0 radical (unpaired) electrons. The van der Waals surface area contributed by atoms with Gasteiger partial charge in [0.2, 0.25) is 11.9 Å². The number of fused-ring (bicyclic) bond motifs is 1. The number of benzene rings is 2. The van der Waals surface area contributed by atoms with Gasteiger partial charge in [-0.1, -0.05) is 12.6 Å². The second-order valence-electron chi connectivity index (χ2n) is 9.29. The quantitative estimate of drug-likeness (QED) is 0.274. The van der Waals surface area contributed by atoms with Crippen LogP contribution in [0, 0.1) is 0 Å². The fourth-order valence-electron chi connectivity index (χ4n) is 4.70. The van der Waals surface area contributed by atoms with Crippen molar-refractivity contribution in [2.75, 3.05) is 62.0 Å². The molecule has 1 fully saturated rings. The van der Waals surface area contributed by atoms with Crippen LogP contribution in [0.15, 0.2) is 78.4 Å². The molecule has 1 aliphatic rings. The Kier molecular flexibility index (Phi) is 8.04. The molecule has 0 unspecified atom stereocenters. The van der Waals surface area contributed by atoms with Gasteiger partial charge in [-0.3, -0.25) is 14.5 Å². The van der Waals surface area contributed by atoms with Gasteiger partial charge in [0.15, 0.2) is 11.1 Å². The molecule has 3 heterocycles. The van der Waals surface area contributed by atoms with Crippen molar-refractivity contribution in [1.29, 1.82) is 0 Å². The van der Waals surface area contributed by atoms with Gasteiger partial charge >= 0.3 is 0 Å². The summed E-state index contributed by atoms with van der Waals surface area (Å²) in [6.45, 7) is 7.84. The van der Waals surface area contributed by atoms with Gasteiger partial charge in [-0.25, -0.2) is 4.98 Å². The molecule has 2 aromatic carbocycles. The summed E-state index contributed by atoms with van der Waals surface area (Å²) in [7, 11) is 1.61. The van der Waals surface area contributed by atoms with Gasteiger partial charge in [-0.05, 0) is 36.4 Å². The second-order valence-corrected chi connectivity index (χ2v) is 9.29. The van der Waals surface area contributed by atoms with Crippen molar-refractivity contribution in [3.05, 3.63) is 83.8 Å². The topological polar surface area (TPSA) is 125 Å². The highest BCUT2D eigenvalue weighted by atomic mass is 16.5. The van der Waals surface area contributed by atoms with E-state index in [1.54, 1.807) is 36.1 Å². The lowest BCUT2D eigenvalue weighted by atomic mass is 10.2. The second kappa shape index (κ2) is 12.0. The molecular weight excluding hydrogens is 510 g/mol. The molecule has 1 aliphatic heterocycles. The molecule has 4 aromatic rings. The third kappa shape index (κ3) is 5.80. The Bertz CT molecular complexity index is 1600. The van der Waals surface area contributed by atoms with Crippen molar-refractivity contribution in [2.45, 2.75) is 0 Å². The van der Waals surface area contributed by atoms with E-state index in [4.69, 9.17) is 4.74 Å². The molecule has 0 saturated carbocycles. The number of aliphatic hydroxyl groups excluding tert-OH is 1. The highest BCUT2D eigenvalue weighted by Crippen LogP contribution is 2.32. The normalized spacial score (nSPS) is 13.7. The average molecular weight is 542 g/mol. The van der Waals surface area contributed by atoms with Gasteiger partial charge in [0.25, 0.3) is 0 Å². The van der Waals surface area contributed by atoms with E-state index >= 15 is 0 Å². The number of aliphatic hydroxyl groups is 1. The summed E-state index contributed by atoms with van der Waals surface area (Å²) in [5.74, 6) is 0.612. The lowest BCUT2D eigenvalue weighted by molar-refractivity contribution is -0.111. The van der Waals surface area contributed by atoms with Crippen molar-refractivity contribution in [3.63, 3.8) is 0 Å². The predicted octanol–water partition coefficient (Wildman–Crippen LogP) is 2.77. The Morgan fingerprint density at radius 3 is 2.70 bits per heavy atom. The van der Waals surface area contributed by atoms with Crippen LogP contribution >= 0.6 is 0 Å². The van der Waals surface area contributed by atoms with Gasteiger partial charge in [0.1, 0.15) is 5.75 Å². The molecule has 0 spiro atoms. The number of methoxy groups -OCH3 is 1. The molecule has 1 saturated heterocycles. The number of carbonyl (C=O) groups excluding carboxylic acids is 1. The molecule has 5 rings (SSSR count). The summed E-state index contributed by atoms with van der Waals surface area (Å²) in [5, 5.41) is 15.5. The summed E-state index contributed by atoms with van der Waals surface area (Å²) >= 11 is 0. The zero-order chi connectivity index (χ0) is 28.1. The SMILES string of the molecule is C=CC(=O)Nc1cccc(-n2ccc(=O)c3cnc(Nc4ccc(N5CCN(CCO)CC5)cc4OC)nc32)c1. The Balaban J connectivity index is 1.43. The predicted molar refractivity (Wildman–Crippen MR) is 156 cm³/mol. The maximum atomic E-state index is 12.6. The number of carbonyl (C=O) groups is 1. The molecule has 11 nitrogen and oxygen atoms in total. The van der Waals surface area contributed by atoms with E-state index in [1.165, 1.54) is 18.3 Å². The van der Waals surface area contributed by atoms with Crippen LogP contribution in [-0.2, 0) is 4.79 Å². The van der Waals surface area contributed by atoms with Crippen molar-refractivity contribution in [2.24, 2.45) is 0 Å². The molecule has 0 atom stereocenters. The zero-order valence-electron chi connectivity index (χ0n) is 22.2. The van der Waals surface area contributed by atoms with Crippen LogP contribution in [0.2, 0.25) is 0 Å². The first-order valence-electron chi connectivity index (χ1n) is 12.9.